The Morgan fingerprint density at radius 2 is 1.90 bits per heavy atom. The summed E-state index contributed by atoms with van der Waals surface area (Å²) in [4.78, 5) is 32.4. The Morgan fingerprint density at radius 1 is 1.17 bits per heavy atom. The number of halogens is 3. The van der Waals surface area contributed by atoms with Crippen molar-refractivity contribution in [1.82, 2.24) is 29.3 Å². The summed E-state index contributed by atoms with van der Waals surface area (Å²) in [7, 11) is 0. The standard InChI is InChI=1S/C28H25F3N8O3/c29-28(30,31)42-22-8-4-19(5-9-22)25(41)36-14-11-27(10-13-32,12-15-36)38-17-20(16-33-38)23-2-1-3-24-34-26(35-39(23)24)37(18-40)21-6-7-21/h1-5,8-9,16-18,21H,6-7,10-12,14-15H2. The maximum absolute atomic E-state index is 13.1. The number of carbonyl (C=O) groups is 2. The molecule has 42 heavy (non-hydrogen) atoms. The number of nitrogens with zero attached hydrogens (tertiary/aromatic N) is 8. The molecule has 1 saturated carbocycles. The maximum atomic E-state index is 13.1. The summed E-state index contributed by atoms with van der Waals surface area (Å²) in [5.41, 5.74) is 1.64. The lowest BCUT2D eigenvalue weighted by atomic mass is 9.84. The lowest BCUT2D eigenvalue weighted by Gasteiger charge is -2.40. The molecule has 4 heterocycles. The van der Waals surface area contributed by atoms with E-state index in [1.807, 2.05) is 18.3 Å². The fraction of sp³-hybridized carbons (Fsp3) is 0.357. The molecule has 0 radical (unpaired) electrons. The first-order valence-electron chi connectivity index (χ1n) is 13.4. The van der Waals surface area contributed by atoms with Crippen LogP contribution in [0.5, 0.6) is 5.75 Å². The Bertz CT molecular complexity index is 1660. The van der Waals surface area contributed by atoms with Crippen LogP contribution in [-0.4, -0.2) is 67.1 Å². The van der Waals surface area contributed by atoms with E-state index in [0.29, 0.717) is 37.5 Å². The molecular weight excluding hydrogens is 553 g/mol. The summed E-state index contributed by atoms with van der Waals surface area (Å²) in [5.74, 6) is -0.376. The highest BCUT2D eigenvalue weighted by Gasteiger charge is 2.39. The van der Waals surface area contributed by atoms with Crippen LogP contribution in [0.1, 0.15) is 42.5 Å². The summed E-state index contributed by atoms with van der Waals surface area (Å²) in [6, 6.07) is 12.7. The van der Waals surface area contributed by atoms with Crippen molar-refractivity contribution in [1.29, 1.82) is 5.26 Å². The first-order chi connectivity index (χ1) is 20.2. The number of piperidine rings is 1. The van der Waals surface area contributed by atoms with Gasteiger partial charge in [0.1, 0.15) is 5.75 Å². The van der Waals surface area contributed by atoms with E-state index in [0.717, 1.165) is 42.6 Å². The summed E-state index contributed by atoms with van der Waals surface area (Å²) in [6.45, 7) is 0.669. The van der Waals surface area contributed by atoms with E-state index >= 15 is 0 Å². The van der Waals surface area contributed by atoms with Gasteiger partial charge in [0, 0.05) is 36.5 Å². The van der Waals surface area contributed by atoms with E-state index in [4.69, 9.17) is 0 Å². The van der Waals surface area contributed by atoms with Gasteiger partial charge in [0.15, 0.2) is 5.65 Å². The Hall–Kier alpha value is -4.93. The van der Waals surface area contributed by atoms with Crippen molar-refractivity contribution in [2.45, 2.75) is 50.0 Å². The maximum Gasteiger partial charge on any atom is 0.573 e. The SMILES string of the molecule is N#CCC1(n2cc(-c3cccc4nc(N(C=O)C5CC5)nn34)cn2)CCN(C(=O)c2ccc(OC(F)(F)F)cc2)CC1. The highest BCUT2D eigenvalue weighted by atomic mass is 19.4. The summed E-state index contributed by atoms with van der Waals surface area (Å²) in [5, 5.41) is 18.9. The quantitative estimate of drug-likeness (QED) is 0.288. The molecule has 2 amide bonds. The average molecular weight is 579 g/mol. The zero-order valence-electron chi connectivity index (χ0n) is 22.2. The van der Waals surface area contributed by atoms with Crippen LogP contribution >= 0.6 is 0 Å². The minimum atomic E-state index is -4.81. The molecular formula is C28H25F3N8O3. The molecule has 3 aromatic heterocycles. The molecule has 216 valence electrons. The minimum Gasteiger partial charge on any atom is -0.406 e. The fourth-order valence-electron chi connectivity index (χ4n) is 5.33. The third-order valence-electron chi connectivity index (χ3n) is 7.72. The zero-order valence-corrected chi connectivity index (χ0v) is 22.2. The number of likely N-dealkylation sites (tertiary alicyclic amines) is 1. The number of alkyl halides is 3. The number of rotatable bonds is 8. The Morgan fingerprint density at radius 3 is 2.55 bits per heavy atom. The number of ether oxygens (including phenoxy) is 1. The Kier molecular flexibility index (Phi) is 6.80. The van der Waals surface area contributed by atoms with Gasteiger partial charge in [-0.1, -0.05) is 6.07 Å². The third-order valence-corrected chi connectivity index (χ3v) is 7.72. The van der Waals surface area contributed by atoms with Crippen molar-refractivity contribution in [2.75, 3.05) is 18.0 Å². The first kappa shape index (κ1) is 27.3. The molecule has 1 aromatic carbocycles. The molecule has 1 aliphatic carbocycles. The number of fused-ring (bicyclic) bond motifs is 1. The summed E-state index contributed by atoms with van der Waals surface area (Å²) < 4.78 is 44.7. The van der Waals surface area contributed by atoms with Crippen molar-refractivity contribution in [3.05, 3.63) is 60.4 Å². The van der Waals surface area contributed by atoms with Gasteiger partial charge >= 0.3 is 6.36 Å². The Balaban J connectivity index is 1.20. The fourth-order valence-corrected chi connectivity index (χ4v) is 5.33. The van der Waals surface area contributed by atoms with Gasteiger partial charge in [0.2, 0.25) is 6.41 Å². The van der Waals surface area contributed by atoms with Gasteiger partial charge < -0.3 is 9.64 Å². The molecule has 11 nitrogen and oxygen atoms in total. The van der Waals surface area contributed by atoms with Crippen LogP contribution in [0.15, 0.2) is 54.9 Å². The molecule has 0 atom stereocenters. The molecule has 0 unspecified atom stereocenters. The number of nitriles is 1. The highest BCUT2D eigenvalue weighted by Crippen LogP contribution is 2.35. The molecule has 0 bridgehead atoms. The molecule has 1 saturated heterocycles. The predicted molar refractivity (Wildman–Crippen MR) is 142 cm³/mol. The monoisotopic (exact) mass is 578 g/mol. The van der Waals surface area contributed by atoms with Gasteiger partial charge in [0.25, 0.3) is 11.9 Å². The number of pyridine rings is 1. The van der Waals surface area contributed by atoms with Crippen LogP contribution in [0.3, 0.4) is 0 Å². The summed E-state index contributed by atoms with van der Waals surface area (Å²) in [6.07, 6.45) is 2.40. The van der Waals surface area contributed by atoms with E-state index in [1.165, 1.54) is 12.1 Å². The van der Waals surface area contributed by atoms with Gasteiger partial charge in [-0.2, -0.15) is 15.3 Å². The third kappa shape index (κ3) is 5.25. The van der Waals surface area contributed by atoms with Crippen LogP contribution in [0, 0.1) is 11.3 Å². The smallest absolute Gasteiger partial charge is 0.406 e. The molecule has 0 N–H and O–H groups in total. The van der Waals surface area contributed by atoms with E-state index in [-0.39, 0.29) is 23.9 Å². The second kappa shape index (κ2) is 10.5. The lowest BCUT2D eigenvalue weighted by Crippen LogP contribution is -2.48. The van der Waals surface area contributed by atoms with Crippen LogP contribution in [0.4, 0.5) is 19.1 Å². The largest absolute Gasteiger partial charge is 0.573 e. The molecule has 0 spiro atoms. The van der Waals surface area contributed by atoms with Crippen molar-refractivity contribution in [2.24, 2.45) is 0 Å². The van der Waals surface area contributed by atoms with Crippen molar-refractivity contribution in [3.63, 3.8) is 0 Å². The lowest BCUT2D eigenvalue weighted by molar-refractivity contribution is -0.274. The predicted octanol–water partition coefficient (Wildman–Crippen LogP) is 4.16. The number of benzene rings is 1. The number of amides is 2. The first-order valence-corrected chi connectivity index (χ1v) is 13.4. The molecule has 1 aliphatic heterocycles. The number of hydrogen-bond acceptors (Lipinski definition) is 7. The van der Waals surface area contributed by atoms with Crippen molar-refractivity contribution >= 4 is 23.9 Å². The normalized spacial score (nSPS) is 16.7. The minimum absolute atomic E-state index is 0.123. The number of hydrogen-bond donors (Lipinski definition) is 0. The van der Waals surface area contributed by atoms with Gasteiger partial charge in [-0.25, -0.2) is 4.52 Å². The van der Waals surface area contributed by atoms with Crippen molar-refractivity contribution in [3.8, 4) is 23.1 Å². The number of anilines is 1. The van der Waals surface area contributed by atoms with Crippen LogP contribution < -0.4 is 9.64 Å². The Labute approximate surface area is 237 Å². The molecule has 2 aliphatic rings. The van der Waals surface area contributed by atoms with Gasteiger partial charge in [-0.3, -0.25) is 19.2 Å². The zero-order chi connectivity index (χ0) is 29.5. The van der Waals surface area contributed by atoms with Crippen molar-refractivity contribution < 1.29 is 27.5 Å². The van der Waals surface area contributed by atoms with Crippen LogP contribution in [0.25, 0.3) is 16.9 Å². The molecule has 4 aromatic rings. The second-order valence-corrected chi connectivity index (χ2v) is 10.4. The second-order valence-electron chi connectivity index (χ2n) is 10.4. The molecule has 14 heteroatoms. The van der Waals surface area contributed by atoms with E-state index in [9.17, 15) is 28.0 Å². The topological polar surface area (TPSA) is 122 Å². The van der Waals surface area contributed by atoms with Crippen LogP contribution in [0.2, 0.25) is 0 Å². The van der Waals surface area contributed by atoms with E-state index < -0.39 is 17.7 Å². The van der Waals surface area contributed by atoms with Gasteiger partial charge in [-0.15, -0.1) is 18.3 Å². The van der Waals surface area contributed by atoms with E-state index in [1.54, 1.807) is 31.3 Å². The number of carbonyl (C=O) groups excluding carboxylic acids is 2. The highest BCUT2D eigenvalue weighted by molar-refractivity contribution is 5.94. The van der Waals surface area contributed by atoms with Gasteiger partial charge in [-0.05, 0) is 62.1 Å². The number of aromatic nitrogens is 5. The summed E-state index contributed by atoms with van der Waals surface area (Å²) >= 11 is 0. The van der Waals surface area contributed by atoms with Crippen LogP contribution in [-0.2, 0) is 10.3 Å². The van der Waals surface area contributed by atoms with Gasteiger partial charge in [0.05, 0.1) is 29.9 Å². The molecule has 6 rings (SSSR count). The average Bonchev–Trinajstić information content (AvgIpc) is 3.50. The van der Waals surface area contributed by atoms with E-state index in [2.05, 4.69) is 26.0 Å². The molecule has 2 fully saturated rings.